The lowest BCUT2D eigenvalue weighted by Gasteiger charge is -2.15. The zero-order valence-corrected chi connectivity index (χ0v) is 17.7. The molecule has 0 unspecified atom stereocenters. The van der Waals surface area contributed by atoms with Crippen LogP contribution in [-0.4, -0.2) is 27.9 Å². The van der Waals surface area contributed by atoms with Crippen molar-refractivity contribution in [2.45, 2.75) is 13.0 Å². The van der Waals surface area contributed by atoms with Crippen molar-refractivity contribution >= 4 is 16.5 Å². The zero-order chi connectivity index (χ0) is 22.1. The molecule has 6 nitrogen and oxygen atoms in total. The molecule has 1 aliphatic rings. The van der Waals surface area contributed by atoms with Gasteiger partial charge in [-0.25, -0.2) is 4.39 Å². The van der Waals surface area contributed by atoms with Gasteiger partial charge in [0.2, 0.25) is 5.88 Å². The Morgan fingerprint density at radius 1 is 1.12 bits per heavy atom. The fourth-order valence-corrected chi connectivity index (χ4v) is 4.07. The normalized spacial score (nSPS) is 13.9. The van der Waals surface area contributed by atoms with Crippen molar-refractivity contribution in [1.29, 1.82) is 0 Å². The average Bonchev–Trinajstić information content (AvgIpc) is 3.13. The van der Waals surface area contributed by atoms with E-state index in [4.69, 9.17) is 4.74 Å². The van der Waals surface area contributed by atoms with Crippen LogP contribution in [0.15, 0.2) is 65.5 Å². The van der Waals surface area contributed by atoms with Crippen LogP contribution < -0.4 is 15.6 Å². The van der Waals surface area contributed by atoms with Gasteiger partial charge in [0.15, 0.2) is 0 Å². The first kappa shape index (κ1) is 20.2. The second-order valence-corrected chi connectivity index (χ2v) is 7.84. The van der Waals surface area contributed by atoms with E-state index in [1.807, 2.05) is 49.5 Å². The molecule has 162 valence electrons. The quantitative estimate of drug-likeness (QED) is 0.502. The Morgan fingerprint density at radius 2 is 1.97 bits per heavy atom. The molecule has 0 fully saturated rings. The molecule has 0 radical (unpaired) electrons. The first-order chi connectivity index (χ1) is 15.6. The smallest absolute Gasteiger partial charge is 0.250 e. The topological polar surface area (TPSA) is 71.9 Å². The van der Waals surface area contributed by atoms with Crippen LogP contribution >= 0.6 is 0 Å². The minimum absolute atomic E-state index is 0.275. The second kappa shape index (κ2) is 8.43. The van der Waals surface area contributed by atoms with Crippen molar-refractivity contribution in [3.63, 3.8) is 0 Å². The number of hydrogen-bond acceptors (Lipinski definition) is 4. The van der Waals surface area contributed by atoms with Crippen LogP contribution in [0, 0.1) is 5.82 Å². The van der Waals surface area contributed by atoms with Gasteiger partial charge in [-0.3, -0.25) is 14.5 Å². The number of nitrogens with zero attached hydrogens (tertiary/aromatic N) is 2. The number of nitrogens with one attached hydrogen (secondary N) is 2. The van der Waals surface area contributed by atoms with E-state index in [0.29, 0.717) is 34.7 Å². The van der Waals surface area contributed by atoms with Gasteiger partial charge >= 0.3 is 0 Å². The van der Waals surface area contributed by atoms with E-state index in [2.05, 4.69) is 15.4 Å². The van der Waals surface area contributed by atoms with E-state index in [9.17, 15) is 4.79 Å². The number of fused-ring (bicyclic) bond motifs is 1. The fourth-order valence-electron chi connectivity index (χ4n) is 4.07. The third-order valence-electron chi connectivity index (χ3n) is 5.71. The number of H-pyrrole nitrogens is 1. The van der Waals surface area contributed by atoms with Crippen LogP contribution in [0.1, 0.15) is 17.5 Å². The largest absolute Gasteiger partial charge is 0.474 e. The maximum absolute atomic E-state index is 15.2. The van der Waals surface area contributed by atoms with Gasteiger partial charge in [-0.05, 0) is 42.3 Å². The summed E-state index contributed by atoms with van der Waals surface area (Å²) in [6, 6.07) is 16.2. The molecule has 5 rings (SSSR count). The first-order valence-electron chi connectivity index (χ1n) is 10.6. The Balaban J connectivity index is 1.58. The standard InChI is InChI=1S/C25H23FN4O2/c1-30-22-14-19(17-9-11-27-12-10-17)21(26)13-20(22)24(29-30)18-7-8-23(31)28-25(18)32-15-16-5-3-2-4-6-16/h2-9,13-14,27H,10-12,15H2,1H3,(H,28,31). The Labute approximate surface area is 184 Å². The zero-order valence-electron chi connectivity index (χ0n) is 17.7. The van der Waals surface area contributed by atoms with E-state index in [1.165, 1.54) is 12.1 Å². The molecule has 0 saturated heterocycles. The molecule has 0 atom stereocenters. The number of rotatable bonds is 5. The third kappa shape index (κ3) is 3.83. The molecule has 2 aromatic heterocycles. The van der Waals surface area contributed by atoms with Crippen molar-refractivity contribution in [3.05, 3.63) is 88.0 Å². The Morgan fingerprint density at radius 3 is 2.75 bits per heavy atom. The minimum atomic E-state index is -0.281. The van der Waals surface area contributed by atoms with Gasteiger partial charge in [-0.15, -0.1) is 0 Å². The molecule has 4 aromatic rings. The molecule has 0 amide bonds. The summed E-state index contributed by atoms with van der Waals surface area (Å²) >= 11 is 0. The van der Waals surface area contributed by atoms with Gasteiger partial charge in [-0.2, -0.15) is 5.10 Å². The van der Waals surface area contributed by atoms with E-state index < -0.39 is 0 Å². The van der Waals surface area contributed by atoms with Gasteiger partial charge in [0.1, 0.15) is 18.1 Å². The summed E-state index contributed by atoms with van der Waals surface area (Å²) in [5, 5.41) is 8.57. The van der Waals surface area contributed by atoms with Gasteiger partial charge < -0.3 is 10.1 Å². The summed E-state index contributed by atoms with van der Waals surface area (Å²) in [5.41, 5.74) is 4.29. The number of benzene rings is 2. The highest BCUT2D eigenvalue weighted by Gasteiger charge is 2.20. The van der Waals surface area contributed by atoms with Crippen LogP contribution in [0.25, 0.3) is 27.7 Å². The summed E-state index contributed by atoms with van der Waals surface area (Å²) in [4.78, 5) is 14.8. The molecule has 0 spiro atoms. The molecule has 1 aliphatic heterocycles. The number of aryl methyl sites for hydroxylation is 1. The van der Waals surface area contributed by atoms with Crippen LogP contribution in [0.5, 0.6) is 5.88 Å². The Bertz CT molecular complexity index is 1370. The molecule has 0 bridgehead atoms. The number of hydrogen-bond donors (Lipinski definition) is 2. The molecule has 3 heterocycles. The van der Waals surface area contributed by atoms with Crippen LogP contribution in [0.3, 0.4) is 0 Å². The molecule has 0 saturated carbocycles. The van der Waals surface area contributed by atoms with E-state index in [0.717, 1.165) is 36.2 Å². The maximum atomic E-state index is 15.2. The number of ether oxygens (including phenoxy) is 1. The van der Waals surface area contributed by atoms with Crippen molar-refractivity contribution in [3.8, 4) is 17.1 Å². The lowest BCUT2D eigenvalue weighted by Crippen LogP contribution is -2.20. The van der Waals surface area contributed by atoms with Crippen molar-refractivity contribution < 1.29 is 9.13 Å². The van der Waals surface area contributed by atoms with Gasteiger partial charge in [0.25, 0.3) is 5.56 Å². The van der Waals surface area contributed by atoms with E-state index >= 15 is 4.39 Å². The summed E-state index contributed by atoms with van der Waals surface area (Å²) in [5.74, 6) is 0.0305. The van der Waals surface area contributed by atoms with Crippen LogP contribution in [-0.2, 0) is 13.7 Å². The van der Waals surface area contributed by atoms with Gasteiger partial charge in [-0.1, -0.05) is 36.4 Å². The predicted molar refractivity (Wildman–Crippen MR) is 123 cm³/mol. The molecule has 2 N–H and O–H groups in total. The second-order valence-electron chi connectivity index (χ2n) is 7.84. The molecule has 32 heavy (non-hydrogen) atoms. The van der Waals surface area contributed by atoms with E-state index in [-0.39, 0.29) is 11.4 Å². The summed E-state index contributed by atoms with van der Waals surface area (Å²) in [6.07, 6.45) is 2.81. The van der Waals surface area contributed by atoms with Crippen molar-refractivity contribution in [1.82, 2.24) is 20.1 Å². The van der Waals surface area contributed by atoms with Crippen LogP contribution in [0.4, 0.5) is 4.39 Å². The molecular formula is C25H23FN4O2. The lowest BCUT2D eigenvalue weighted by molar-refractivity contribution is 0.294. The van der Waals surface area contributed by atoms with Crippen LogP contribution in [0.2, 0.25) is 0 Å². The number of aromatic amines is 1. The van der Waals surface area contributed by atoms with E-state index in [1.54, 1.807) is 10.7 Å². The van der Waals surface area contributed by atoms with Crippen molar-refractivity contribution in [2.75, 3.05) is 13.1 Å². The lowest BCUT2D eigenvalue weighted by atomic mass is 9.97. The summed E-state index contributed by atoms with van der Waals surface area (Å²) in [6.45, 7) is 1.86. The number of halogens is 1. The molecular weight excluding hydrogens is 407 g/mol. The summed E-state index contributed by atoms with van der Waals surface area (Å²) in [7, 11) is 1.83. The third-order valence-corrected chi connectivity index (χ3v) is 5.71. The highest BCUT2D eigenvalue weighted by atomic mass is 19.1. The SMILES string of the molecule is Cn1nc(-c2ccc(=O)[nH]c2OCc2ccccc2)c2cc(F)c(C3=CCNCC3)cc21. The van der Waals surface area contributed by atoms with Gasteiger partial charge in [0.05, 0.1) is 11.1 Å². The van der Waals surface area contributed by atoms with Gasteiger partial charge in [0, 0.05) is 30.6 Å². The highest BCUT2D eigenvalue weighted by Crippen LogP contribution is 2.35. The van der Waals surface area contributed by atoms with Crippen molar-refractivity contribution in [2.24, 2.45) is 7.05 Å². The minimum Gasteiger partial charge on any atom is -0.474 e. The maximum Gasteiger partial charge on any atom is 0.250 e. The molecule has 0 aliphatic carbocycles. The first-order valence-corrected chi connectivity index (χ1v) is 10.6. The molecule has 7 heteroatoms. The number of aromatic nitrogens is 3. The monoisotopic (exact) mass is 430 g/mol. The average molecular weight is 430 g/mol. The molecule has 2 aromatic carbocycles. The predicted octanol–water partition coefficient (Wildman–Crippen LogP) is 4.02. The Kier molecular flexibility index (Phi) is 5.33. The Hall–Kier alpha value is -3.71. The number of pyridine rings is 1. The summed E-state index contributed by atoms with van der Waals surface area (Å²) < 4.78 is 22.8. The highest BCUT2D eigenvalue weighted by molar-refractivity contribution is 5.96. The fraction of sp³-hybridized carbons (Fsp3) is 0.200.